The van der Waals surface area contributed by atoms with Crippen LogP contribution in [0, 0.1) is 5.41 Å². The van der Waals surface area contributed by atoms with Gasteiger partial charge in [-0.15, -0.1) is 0 Å². The van der Waals surface area contributed by atoms with Crippen molar-refractivity contribution >= 4 is 13.3 Å². The molecule has 0 aliphatic rings. The molecule has 0 radical (unpaired) electrons. The molecule has 0 aromatic carbocycles. The molecule has 0 aliphatic carbocycles. The predicted molar refractivity (Wildman–Crippen MR) is 86.9 cm³/mol. The van der Waals surface area contributed by atoms with E-state index >= 15 is 0 Å². The van der Waals surface area contributed by atoms with E-state index in [2.05, 4.69) is 33.4 Å². The third-order valence-electron chi connectivity index (χ3n) is 3.98. The summed E-state index contributed by atoms with van der Waals surface area (Å²) in [7, 11) is 0. The van der Waals surface area contributed by atoms with E-state index in [-0.39, 0.29) is 12.0 Å². The van der Waals surface area contributed by atoms with Gasteiger partial charge in [0.2, 0.25) is 0 Å². The minimum absolute atomic E-state index is 0.151. The topological polar surface area (TPSA) is 29.5 Å². The average molecular weight is 329 g/mol. The fourth-order valence-electron chi connectivity index (χ4n) is 2.16. The van der Waals surface area contributed by atoms with Crippen molar-refractivity contribution in [3.05, 3.63) is 22.8 Å². The molecule has 1 N–H and O–H groups in total. The number of aliphatic hydroxyl groups excluding tert-OH is 1. The zero-order valence-electron chi connectivity index (χ0n) is 13.7. The fourth-order valence-corrected chi connectivity index (χ4v) is 9.46. The first-order valence-electron chi connectivity index (χ1n) is 7.38. The van der Waals surface area contributed by atoms with Gasteiger partial charge in [-0.2, -0.15) is 0 Å². The molecule has 0 fully saturated rings. The van der Waals surface area contributed by atoms with Gasteiger partial charge in [0.25, 0.3) is 0 Å². The molecule has 0 aromatic heterocycles. The molecule has 0 aromatic rings. The molecule has 0 aliphatic heterocycles. The van der Waals surface area contributed by atoms with Gasteiger partial charge in [0, 0.05) is 0 Å². The Bertz CT molecular complexity index is 306. The molecule has 0 rings (SSSR count). The average Bonchev–Trinajstić information content (AvgIpc) is 2.38. The molecule has 0 spiro atoms. The van der Waals surface area contributed by atoms with E-state index in [0.717, 1.165) is 5.57 Å². The third kappa shape index (κ3) is 5.74. The summed E-state index contributed by atoms with van der Waals surface area (Å²) in [6.07, 6.45) is 2.14. The molecule has 0 atom stereocenters. The first-order valence-corrected chi connectivity index (χ1v) is 12.9. The number of ether oxygens (including phenoxy) is 1. The van der Waals surface area contributed by atoms with E-state index in [1.807, 2.05) is 20.8 Å². The Hall–Kier alpha value is -0.217. The molecule has 0 bridgehead atoms. The molecule has 2 nitrogen and oxygen atoms in total. The van der Waals surface area contributed by atoms with Crippen LogP contribution in [0.5, 0.6) is 0 Å². The van der Waals surface area contributed by atoms with Crippen LogP contribution in [0.3, 0.4) is 0 Å². The molecule has 0 saturated carbocycles. The molecule has 112 valence electrons. The van der Waals surface area contributed by atoms with Crippen molar-refractivity contribution in [2.75, 3.05) is 13.2 Å². The van der Waals surface area contributed by atoms with E-state index in [0.29, 0.717) is 6.61 Å². The number of rotatable bonds is 9. The van der Waals surface area contributed by atoms with Gasteiger partial charge in [-0.25, -0.2) is 0 Å². The van der Waals surface area contributed by atoms with Crippen molar-refractivity contribution in [3.63, 3.8) is 0 Å². The van der Waals surface area contributed by atoms with Gasteiger partial charge in [-0.3, -0.25) is 0 Å². The predicted octanol–water partition coefficient (Wildman–Crippen LogP) is 4.53. The van der Waals surface area contributed by atoms with Gasteiger partial charge < -0.3 is 0 Å². The summed E-state index contributed by atoms with van der Waals surface area (Å²) in [4.78, 5) is 0. The van der Waals surface area contributed by atoms with Crippen LogP contribution in [0.4, 0.5) is 0 Å². The Morgan fingerprint density at radius 3 is 2.00 bits per heavy atom. The molecule has 0 amide bonds. The first-order chi connectivity index (χ1) is 8.76. The zero-order valence-corrected chi connectivity index (χ0v) is 15.8. The van der Waals surface area contributed by atoms with Crippen LogP contribution in [-0.2, 0) is 4.74 Å². The number of hydrogen-bond acceptors (Lipinski definition) is 2. The van der Waals surface area contributed by atoms with Crippen molar-refractivity contribution in [2.45, 2.75) is 57.3 Å². The Morgan fingerprint density at radius 2 is 1.68 bits per heavy atom. The number of hydrogen-bond donors (Lipinski definition) is 1. The maximum atomic E-state index is 9.36. The fraction of sp³-hybridized carbons (Fsp3) is 0.750. The summed E-state index contributed by atoms with van der Waals surface area (Å²) >= 11 is -2.09. The Morgan fingerprint density at radius 1 is 1.21 bits per heavy atom. The summed E-state index contributed by atoms with van der Waals surface area (Å²) in [5.41, 5.74) is 0.874. The summed E-state index contributed by atoms with van der Waals surface area (Å²) in [6.45, 7) is 17.7. The maximum absolute atomic E-state index is 9.36. The van der Waals surface area contributed by atoms with Crippen LogP contribution >= 0.6 is 0 Å². The second-order valence-corrected chi connectivity index (χ2v) is 17.2. The summed E-state index contributed by atoms with van der Waals surface area (Å²) < 4.78 is 7.38. The van der Waals surface area contributed by atoms with Crippen molar-refractivity contribution in [3.8, 4) is 0 Å². The quantitative estimate of drug-likeness (QED) is 0.383. The Labute approximate surface area is 122 Å². The molecule has 19 heavy (non-hydrogen) atoms. The molecule has 0 saturated heterocycles. The van der Waals surface area contributed by atoms with Crippen molar-refractivity contribution in [1.29, 1.82) is 0 Å². The van der Waals surface area contributed by atoms with E-state index in [9.17, 15) is 5.11 Å². The van der Waals surface area contributed by atoms with Crippen LogP contribution in [0.1, 0.15) is 41.5 Å². The second kappa shape index (κ2) is 8.16. The minimum atomic E-state index is -2.09. The van der Waals surface area contributed by atoms with E-state index in [1.165, 1.54) is 20.4 Å². The van der Waals surface area contributed by atoms with Gasteiger partial charge in [0.1, 0.15) is 0 Å². The zero-order chi connectivity index (χ0) is 15.1. The molecular weight excluding hydrogens is 297 g/mol. The van der Waals surface area contributed by atoms with E-state index < -0.39 is 13.3 Å². The van der Waals surface area contributed by atoms with E-state index in [4.69, 9.17) is 4.74 Å². The number of allylic oxidation sites excluding steroid dienone is 2. The van der Waals surface area contributed by atoms with Crippen LogP contribution in [0.25, 0.3) is 0 Å². The molecule has 3 heteroatoms. The van der Waals surface area contributed by atoms with Gasteiger partial charge >= 0.3 is 122 Å². The summed E-state index contributed by atoms with van der Waals surface area (Å²) in [5.74, 6) is 0. The van der Waals surface area contributed by atoms with Crippen molar-refractivity contribution in [1.82, 2.24) is 0 Å². The Kier molecular flexibility index (Phi) is 8.06. The standard InChI is InChI=1S/C16H32GeO2/c1-8-17(9-2,10-3)15(11-14(4)5)19-13-16(6,7)12-18/h11,18H,4,8-10,12-13H2,1-3,5-7H3/b15-11+. The van der Waals surface area contributed by atoms with Crippen LogP contribution in [-0.4, -0.2) is 31.6 Å². The normalized spacial score (nSPS) is 13.5. The van der Waals surface area contributed by atoms with Crippen LogP contribution in [0.15, 0.2) is 22.8 Å². The second-order valence-electron chi connectivity index (χ2n) is 6.31. The van der Waals surface area contributed by atoms with Crippen LogP contribution < -0.4 is 0 Å². The summed E-state index contributed by atoms with van der Waals surface area (Å²) in [5, 5.41) is 13.1. The van der Waals surface area contributed by atoms with Crippen molar-refractivity contribution in [2.24, 2.45) is 5.41 Å². The summed E-state index contributed by atoms with van der Waals surface area (Å²) in [6, 6.07) is 0. The van der Waals surface area contributed by atoms with E-state index in [1.54, 1.807) is 0 Å². The van der Waals surface area contributed by atoms with Crippen LogP contribution in [0.2, 0.25) is 15.8 Å². The monoisotopic (exact) mass is 330 g/mol. The van der Waals surface area contributed by atoms with Gasteiger partial charge in [-0.1, -0.05) is 0 Å². The first kappa shape index (κ1) is 18.8. The Balaban J connectivity index is 5.18. The third-order valence-corrected chi connectivity index (χ3v) is 15.3. The van der Waals surface area contributed by atoms with Gasteiger partial charge in [0.15, 0.2) is 0 Å². The SMILES string of the molecule is C=C(C)/C=[C](/OCC(C)(C)CO)[Ge]([CH2]C)([CH2]C)[CH2]C. The van der Waals surface area contributed by atoms with Gasteiger partial charge in [-0.05, 0) is 0 Å². The number of aliphatic hydroxyl groups is 1. The van der Waals surface area contributed by atoms with Crippen molar-refractivity contribution < 1.29 is 9.84 Å². The molecular formula is C16H32GeO2. The molecule has 0 unspecified atom stereocenters. The van der Waals surface area contributed by atoms with Gasteiger partial charge in [0.05, 0.1) is 0 Å². The molecule has 0 heterocycles.